The van der Waals surface area contributed by atoms with Crippen LogP contribution in [-0.2, 0) is 14.8 Å². The van der Waals surface area contributed by atoms with E-state index in [1.165, 1.54) is 12.1 Å². The van der Waals surface area contributed by atoms with E-state index in [4.69, 9.17) is 4.74 Å². The third kappa shape index (κ3) is 6.43. The second kappa shape index (κ2) is 10.6. The Morgan fingerprint density at radius 3 is 2.12 bits per heavy atom. The van der Waals surface area contributed by atoms with Crippen molar-refractivity contribution < 1.29 is 17.9 Å². The Morgan fingerprint density at radius 2 is 1.45 bits per heavy atom. The fraction of sp³-hybridized carbons (Fsp3) is 0.269. The van der Waals surface area contributed by atoms with Crippen molar-refractivity contribution >= 4 is 21.6 Å². The van der Waals surface area contributed by atoms with E-state index in [2.05, 4.69) is 10.0 Å². The Kier molecular flexibility index (Phi) is 7.42. The van der Waals surface area contributed by atoms with Crippen molar-refractivity contribution in [3.05, 3.63) is 78.9 Å². The van der Waals surface area contributed by atoms with E-state index < -0.39 is 10.0 Å². The van der Waals surface area contributed by atoms with Gasteiger partial charge < -0.3 is 10.1 Å². The summed E-state index contributed by atoms with van der Waals surface area (Å²) in [5, 5.41) is 2.73. The Morgan fingerprint density at radius 1 is 0.818 bits per heavy atom. The molecule has 172 valence electrons. The Balaban J connectivity index is 1.28. The van der Waals surface area contributed by atoms with Crippen LogP contribution in [0.4, 0.5) is 5.69 Å². The number of rotatable bonds is 8. The summed E-state index contributed by atoms with van der Waals surface area (Å²) in [5.74, 6) is 0.276. The van der Waals surface area contributed by atoms with Crippen LogP contribution in [0, 0.1) is 0 Å². The number of hydrogen-bond acceptors (Lipinski definition) is 4. The molecule has 0 heterocycles. The van der Waals surface area contributed by atoms with Gasteiger partial charge in [0.25, 0.3) is 5.91 Å². The van der Waals surface area contributed by atoms with E-state index in [9.17, 15) is 13.2 Å². The van der Waals surface area contributed by atoms with Crippen LogP contribution in [0.25, 0.3) is 11.1 Å². The zero-order valence-electron chi connectivity index (χ0n) is 18.4. The van der Waals surface area contributed by atoms with Gasteiger partial charge in [0.2, 0.25) is 10.0 Å². The SMILES string of the molecule is O=C(COc1ccc(-c2ccccc2)cc1)Nc1ccc(S(=O)(=O)NC2CCCCC2)cc1. The van der Waals surface area contributed by atoms with Gasteiger partial charge in [0.15, 0.2) is 6.61 Å². The van der Waals surface area contributed by atoms with Crippen molar-refractivity contribution in [1.29, 1.82) is 0 Å². The fourth-order valence-electron chi connectivity index (χ4n) is 3.95. The van der Waals surface area contributed by atoms with Crippen molar-refractivity contribution in [2.24, 2.45) is 0 Å². The molecular weight excluding hydrogens is 436 g/mol. The van der Waals surface area contributed by atoms with Gasteiger partial charge in [-0.05, 0) is 60.4 Å². The summed E-state index contributed by atoms with van der Waals surface area (Å²) in [7, 11) is -3.56. The lowest BCUT2D eigenvalue weighted by molar-refractivity contribution is -0.118. The molecule has 0 spiro atoms. The molecule has 0 aliphatic heterocycles. The molecule has 0 unspecified atom stereocenters. The number of carbonyl (C=O) groups is 1. The minimum atomic E-state index is -3.56. The highest BCUT2D eigenvalue weighted by molar-refractivity contribution is 7.89. The van der Waals surface area contributed by atoms with Crippen LogP contribution in [0.15, 0.2) is 83.8 Å². The smallest absolute Gasteiger partial charge is 0.262 e. The first-order valence-corrected chi connectivity index (χ1v) is 12.7. The number of sulfonamides is 1. The monoisotopic (exact) mass is 464 g/mol. The second-order valence-corrected chi connectivity index (χ2v) is 9.92. The largest absolute Gasteiger partial charge is 0.484 e. The normalized spacial score (nSPS) is 14.5. The van der Waals surface area contributed by atoms with Gasteiger partial charge in [-0.25, -0.2) is 13.1 Å². The van der Waals surface area contributed by atoms with E-state index in [1.54, 1.807) is 12.1 Å². The third-order valence-corrected chi connectivity index (χ3v) is 7.24. The molecule has 3 aromatic carbocycles. The number of ether oxygens (including phenoxy) is 1. The number of carbonyl (C=O) groups excluding carboxylic acids is 1. The van der Waals surface area contributed by atoms with Gasteiger partial charge >= 0.3 is 0 Å². The third-order valence-electron chi connectivity index (χ3n) is 5.71. The predicted octanol–water partition coefficient (Wildman–Crippen LogP) is 4.98. The molecule has 1 aliphatic rings. The molecule has 0 bridgehead atoms. The first-order valence-electron chi connectivity index (χ1n) is 11.2. The topological polar surface area (TPSA) is 84.5 Å². The number of anilines is 1. The molecule has 1 fully saturated rings. The summed E-state index contributed by atoms with van der Waals surface area (Å²) >= 11 is 0. The van der Waals surface area contributed by atoms with E-state index in [0.29, 0.717) is 11.4 Å². The minimum Gasteiger partial charge on any atom is -0.484 e. The number of benzene rings is 3. The van der Waals surface area contributed by atoms with Gasteiger partial charge in [-0.3, -0.25) is 4.79 Å². The van der Waals surface area contributed by atoms with Gasteiger partial charge in [0.1, 0.15) is 5.75 Å². The average molecular weight is 465 g/mol. The maximum absolute atomic E-state index is 12.6. The Bertz CT molecular complexity index is 1160. The molecule has 3 aromatic rings. The zero-order valence-corrected chi connectivity index (χ0v) is 19.2. The van der Waals surface area contributed by atoms with E-state index in [-0.39, 0.29) is 23.5 Å². The first-order chi connectivity index (χ1) is 16.0. The van der Waals surface area contributed by atoms with Crippen LogP contribution in [0.3, 0.4) is 0 Å². The molecule has 1 amide bonds. The van der Waals surface area contributed by atoms with Crippen molar-refractivity contribution in [3.63, 3.8) is 0 Å². The first kappa shape index (κ1) is 23.0. The molecule has 1 aliphatic carbocycles. The predicted molar refractivity (Wildman–Crippen MR) is 130 cm³/mol. The number of hydrogen-bond donors (Lipinski definition) is 2. The van der Waals surface area contributed by atoms with E-state index in [0.717, 1.165) is 43.2 Å². The maximum atomic E-state index is 12.6. The highest BCUT2D eigenvalue weighted by Crippen LogP contribution is 2.23. The van der Waals surface area contributed by atoms with Crippen molar-refractivity contribution in [1.82, 2.24) is 4.72 Å². The minimum absolute atomic E-state index is 0.00189. The van der Waals surface area contributed by atoms with Crippen LogP contribution in [0.2, 0.25) is 0 Å². The Hall–Kier alpha value is -3.16. The summed E-state index contributed by atoms with van der Waals surface area (Å²) in [6, 6.07) is 23.7. The molecule has 7 heteroatoms. The highest BCUT2D eigenvalue weighted by Gasteiger charge is 2.21. The highest BCUT2D eigenvalue weighted by atomic mass is 32.2. The second-order valence-electron chi connectivity index (χ2n) is 8.21. The van der Waals surface area contributed by atoms with Gasteiger partial charge in [-0.2, -0.15) is 0 Å². The molecule has 0 atom stereocenters. The quantitative estimate of drug-likeness (QED) is 0.492. The summed E-state index contributed by atoms with van der Waals surface area (Å²) < 4.78 is 33.5. The standard InChI is InChI=1S/C26H28N2O4S/c29-26(19-32-24-15-11-21(12-16-24)20-7-3-1-4-8-20)27-22-13-17-25(18-14-22)33(30,31)28-23-9-5-2-6-10-23/h1,3-4,7-8,11-18,23,28H,2,5-6,9-10,19H2,(H,27,29). The van der Waals surface area contributed by atoms with Crippen LogP contribution in [0.1, 0.15) is 32.1 Å². The van der Waals surface area contributed by atoms with Gasteiger partial charge in [0, 0.05) is 11.7 Å². The molecule has 0 aromatic heterocycles. The fourth-order valence-corrected chi connectivity index (χ4v) is 5.25. The van der Waals surface area contributed by atoms with E-state index >= 15 is 0 Å². The number of nitrogens with one attached hydrogen (secondary N) is 2. The summed E-state index contributed by atoms with van der Waals surface area (Å²) in [4.78, 5) is 12.4. The van der Waals surface area contributed by atoms with Crippen molar-refractivity contribution in [3.8, 4) is 16.9 Å². The van der Waals surface area contributed by atoms with Crippen LogP contribution < -0.4 is 14.8 Å². The molecule has 1 saturated carbocycles. The van der Waals surface area contributed by atoms with Gasteiger partial charge in [-0.1, -0.05) is 61.7 Å². The lowest BCUT2D eigenvalue weighted by atomic mass is 9.96. The molecular formula is C26H28N2O4S. The zero-order chi connectivity index (χ0) is 23.1. The van der Waals surface area contributed by atoms with E-state index in [1.807, 2.05) is 54.6 Å². The van der Waals surface area contributed by atoms with Crippen molar-refractivity contribution in [2.45, 2.75) is 43.0 Å². The molecule has 0 saturated heterocycles. The summed E-state index contributed by atoms with van der Waals surface area (Å²) in [6.07, 6.45) is 5.02. The van der Waals surface area contributed by atoms with Crippen LogP contribution in [0.5, 0.6) is 5.75 Å². The Labute approximate surface area is 195 Å². The molecule has 0 radical (unpaired) electrons. The molecule has 6 nitrogen and oxygen atoms in total. The van der Waals surface area contributed by atoms with Crippen LogP contribution in [-0.4, -0.2) is 27.0 Å². The van der Waals surface area contributed by atoms with Crippen LogP contribution >= 0.6 is 0 Å². The lowest BCUT2D eigenvalue weighted by Crippen LogP contribution is -2.36. The molecule has 33 heavy (non-hydrogen) atoms. The lowest BCUT2D eigenvalue weighted by Gasteiger charge is -2.22. The summed E-state index contributed by atoms with van der Waals surface area (Å²) in [5.41, 5.74) is 2.70. The molecule has 2 N–H and O–H groups in total. The molecule has 4 rings (SSSR count). The van der Waals surface area contributed by atoms with Gasteiger partial charge in [-0.15, -0.1) is 0 Å². The summed E-state index contributed by atoms with van der Waals surface area (Å²) in [6.45, 7) is -0.145. The average Bonchev–Trinajstić information content (AvgIpc) is 2.84. The van der Waals surface area contributed by atoms with Gasteiger partial charge in [0.05, 0.1) is 4.90 Å². The van der Waals surface area contributed by atoms with Crippen molar-refractivity contribution in [2.75, 3.05) is 11.9 Å². The maximum Gasteiger partial charge on any atom is 0.262 e. The number of amides is 1.